The SMILES string of the molecule is CCC(O)C1CN(Cc2cc(OC)c(OC)c(OC)c2)CCN1C(=O)C1=Cc2cc(OC)c(OC)cc2CCC1. The zero-order valence-corrected chi connectivity index (χ0v) is 24.5. The van der Waals surface area contributed by atoms with E-state index in [0.29, 0.717) is 67.8 Å². The molecule has 1 fully saturated rings. The van der Waals surface area contributed by atoms with Gasteiger partial charge in [-0.2, -0.15) is 0 Å². The Hall–Kier alpha value is -3.43. The van der Waals surface area contributed by atoms with Crippen LogP contribution in [0.4, 0.5) is 0 Å². The van der Waals surface area contributed by atoms with Crippen LogP contribution >= 0.6 is 0 Å². The highest BCUT2D eigenvalue weighted by Crippen LogP contribution is 2.39. The van der Waals surface area contributed by atoms with Crippen LogP contribution in [0.25, 0.3) is 6.08 Å². The van der Waals surface area contributed by atoms with Crippen molar-refractivity contribution >= 4 is 12.0 Å². The van der Waals surface area contributed by atoms with Crippen molar-refractivity contribution < 1.29 is 33.6 Å². The van der Waals surface area contributed by atoms with Crippen LogP contribution in [-0.4, -0.2) is 88.1 Å². The normalized spacial score (nSPS) is 18.2. The predicted molar refractivity (Wildman–Crippen MR) is 154 cm³/mol. The molecule has 1 heterocycles. The third-order valence-corrected chi connectivity index (χ3v) is 7.90. The molecule has 9 nitrogen and oxygen atoms in total. The van der Waals surface area contributed by atoms with Gasteiger partial charge in [-0.25, -0.2) is 0 Å². The molecular formula is C31H42N2O7. The minimum atomic E-state index is -0.630. The van der Waals surface area contributed by atoms with Crippen molar-refractivity contribution in [3.05, 3.63) is 46.5 Å². The van der Waals surface area contributed by atoms with Crippen LogP contribution in [0.5, 0.6) is 28.7 Å². The monoisotopic (exact) mass is 554 g/mol. The highest BCUT2D eigenvalue weighted by atomic mass is 16.5. The van der Waals surface area contributed by atoms with Crippen LogP contribution in [0, 0.1) is 0 Å². The molecule has 0 spiro atoms. The largest absolute Gasteiger partial charge is 0.493 e. The maximum Gasteiger partial charge on any atom is 0.250 e. The van der Waals surface area contributed by atoms with Crippen molar-refractivity contribution in [3.63, 3.8) is 0 Å². The van der Waals surface area contributed by atoms with E-state index in [4.69, 9.17) is 23.7 Å². The fourth-order valence-electron chi connectivity index (χ4n) is 5.72. The molecule has 1 aliphatic heterocycles. The molecule has 2 unspecified atom stereocenters. The second-order valence-electron chi connectivity index (χ2n) is 10.2. The lowest BCUT2D eigenvalue weighted by atomic mass is 9.99. The highest BCUT2D eigenvalue weighted by molar-refractivity contribution is 5.98. The standard InChI is InChI=1S/C31H42N2O7/c1-7-25(34)24-19-32(18-20-13-28(38-4)30(40-6)29(14-20)39-5)11-12-33(24)31(35)22-10-8-9-21-16-26(36-2)27(37-3)17-23(21)15-22/h13-17,24-25,34H,7-12,18-19H2,1-6H3. The summed E-state index contributed by atoms with van der Waals surface area (Å²) >= 11 is 0. The summed E-state index contributed by atoms with van der Waals surface area (Å²) in [6.45, 7) is 4.35. The van der Waals surface area contributed by atoms with Gasteiger partial charge in [-0.05, 0) is 72.7 Å². The number of aliphatic hydroxyl groups excluding tert-OH is 1. The molecule has 0 bridgehead atoms. The van der Waals surface area contributed by atoms with Crippen molar-refractivity contribution in [1.29, 1.82) is 0 Å². The summed E-state index contributed by atoms with van der Waals surface area (Å²) in [5, 5.41) is 11.0. The molecule has 9 heteroatoms. The molecule has 2 aliphatic rings. The first-order valence-corrected chi connectivity index (χ1v) is 13.8. The molecule has 40 heavy (non-hydrogen) atoms. The van der Waals surface area contributed by atoms with E-state index in [-0.39, 0.29) is 11.9 Å². The van der Waals surface area contributed by atoms with E-state index in [1.54, 1.807) is 35.5 Å². The lowest BCUT2D eigenvalue weighted by Gasteiger charge is -2.43. The topological polar surface area (TPSA) is 89.9 Å². The average Bonchev–Trinajstić information content (AvgIpc) is 3.20. The summed E-state index contributed by atoms with van der Waals surface area (Å²) in [7, 11) is 8.04. The number of hydrogen-bond donors (Lipinski definition) is 1. The summed E-state index contributed by atoms with van der Waals surface area (Å²) in [6, 6.07) is 7.52. The van der Waals surface area contributed by atoms with E-state index >= 15 is 0 Å². The van der Waals surface area contributed by atoms with Crippen molar-refractivity contribution in [1.82, 2.24) is 9.80 Å². The number of carbonyl (C=O) groups excluding carboxylic acids is 1. The van der Waals surface area contributed by atoms with Crippen LogP contribution in [0.2, 0.25) is 0 Å². The van der Waals surface area contributed by atoms with Crippen LogP contribution in [0.3, 0.4) is 0 Å². The van der Waals surface area contributed by atoms with Crippen LogP contribution in [-0.2, 0) is 17.8 Å². The summed E-state index contributed by atoms with van der Waals surface area (Å²) < 4.78 is 27.5. The first-order valence-electron chi connectivity index (χ1n) is 13.8. The minimum absolute atomic E-state index is 0.00688. The van der Waals surface area contributed by atoms with E-state index < -0.39 is 6.10 Å². The van der Waals surface area contributed by atoms with E-state index in [1.807, 2.05) is 42.2 Å². The molecule has 0 radical (unpaired) electrons. The second kappa shape index (κ2) is 13.3. The van der Waals surface area contributed by atoms with Gasteiger partial charge in [0.1, 0.15) is 0 Å². The van der Waals surface area contributed by atoms with Crippen LogP contribution < -0.4 is 23.7 Å². The molecule has 1 aliphatic carbocycles. The fourth-order valence-corrected chi connectivity index (χ4v) is 5.72. The van der Waals surface area contributed by atoms with Crippen molar-refractivity contribution in [2.45, 2.75) is 51.3 Å². The Bertz CT molecular complexity index is 1200. The first-order chi connectivity index (χ1) is 19.4. The third-order valence-electron chi connectivity index (χ3n) is 7.90. The summed E-state index contributed by atoms with van der Waals surface area (Å²) in [4.78, 5) is 18.1. The van der Waals surface area contributed by atoms with E-state index in [1.165, 1.54) is 0 Å². The number of rotatable bonds is 10. The highest BCUT2D eigenvalue weighted by Gasteiger charge is 2.36. The van der Waals surface area contributed by atoms with E-state index in [2.05, 4.69) is 4.90 Å². The Morgan fingerprint density at radius 2 is 1.55 bits per heavy atom. The molecular weight excluding hydrogens is 512 g/mol. The van der Waals surface area contributed by atoms with Crippen molar-refractivity contribution in [3.8, 4) is 28.7 Å². The van der Waals surface area contributed by atoms with Gasteiger partial charge in [-0.3, -0.25) is 9.69 Å². The number of fused-ring (bicyclic) bond motifs is 1. The molecule has 4 rings (SSSR count). The molecule has 2 atom stereocenters. The van der Waals surface area contributed by atoms with E-state index in [9.17, 15) is 9.90 Å². The number of piperazine rings is 1. The Morgan fingerprint density at radius 1 is 0.900 bits per heavy atom. The van der Waals surface area contributed by atoms with Gasteiger partial charge in [0.2, 0.25) is 11.7 Å². The Morgan fingerprint density at radius 3 is 2.15 bits per heavy atom. The number of methoxy groups -OCH3 is 5. The van der Waals surface area contributed by atoms with Gasteiger partial charge >= 0.3 is 0 Å². The molecule has 1 N–H and O–H groups in total. The van der Waals surface area contributed by atoms with Gasteiger partial charge in [0, 0.05) is 31.8 Å². The Kier molecular flexibility index (Phi) is 9.81. The maximum atomic E-state index is 14.0. The Balaban J connectivity index is 1.56. The number of aliphatic hydroxyl groups is 1. The van der Waals surface area contributed by atoms with Crippen molar-refractivity contribution in [2.75, 3.05) is 55.2 Å². The Labute approximate surface area is 237 Å². The number of nitrogens with zero attached hydrogens (tertiary/aromatic N) is 2. The number of carbonyl (C=O) groups is 1. The minimum Gasteiger partial charge on any atom is -0.493 e. The summed E-state index contributed by atoms with van der Waals surface area (Å²) in [6.07, 6.45) is 4.32. The first kappa shape index (κ1) is 29.6. The lowest BCUT2D eigenvalue weighted by molar-refractivity contribution is -0.136. The molecule has 2 aromatic carbocycles. The van der Waals surface area contributed by atoms with Gasteiger partial charge < -0.3 is 33.7 Å². The maximum absolute atomic E-state index is 14.0. The number of ether oxygens (including phenoxy) is 5. The number of benzene rings is 2. The van der Waals surface area contributed by atoms with Gasteiger partial charge in [0.15, 0.2) is 23.0 Å². The zero-order chi connectivity index (χ0) is 28.8. The predicted octanol–water partition coefficient (Wildman–Crippen LogP) is 3.93. The quantitative estimate of drug-likeness (QED) is 0.473. The smallest absolute Gasteiger partial charge is 0.250 e. The number of amides is 1. The fraction of sp³-hybridized carbons (Fsp3) is 0.516. The summed E-state index contributed by atoms with van der Waals surface area (Å²) in [5.74, 6) is 3.09. The van der Waals surface area contributed by atoms with Gasteiger partial charge in [-0.1, -0.05) is 6.92 Å². The van der Waals surface area contributed by atoms with Gasteiger partial charge in [0.25, 0.3) is 0 Å². The number of hydrogen-bond acceptors (Lipinski definition) is 8. The molecule has 0 aromatic heterocycles. The zero-order valence-electron chi connectivity index (χ0n) is 24.5. The molecule has 2 aromatic rings. The van der Waals surface area contributed by atoms with Crippen molar-refractivity contribution in [2.24, 2.45) is 0 Å². The third kappa shape index (κ3) is 6.15. The van der Waals surface area contributed by atoms with Gasteiger partial charge in [0.05, 0.1) is 47.7 Å². The van der Waals surface area contributed by atoms with Gasteiger partial charge in [-0.15, -0.1) is 0 Å². The average molecular weight is 555 g/mol. The number of aryl methyl sites for hydroxylation is 1. The van der Waals surface area contributed by atoms with Crippen LogP contribution in [0.1, 0.15) is 42.9 Å². The molecule has 0 saturated carbocycles. The van der Waals surface area contributed by atoms with Crippen LogP contribution in [0.15, 0.2) is 29.8 Å². The lowest BCUT2D eigenvalue weighted by Crippen LogP contribution is -2.59. The summed E-state index contributed by atoms with van der Waals surface area (Å²) in [5.41, 5.74) is 3.89. The second-order valence-corrected chi connectivity index (χ2v) is 10.2. The molecule has 1 amide bonds. The molecule has 218 valence electrons. The molecule has 1 saturated heterocycles. The van der Waals surface area contributed by atoms with E-state index in [0.717, 1.165) is 35.1 Å².